The van der Waals surface area contributed by atoms with E-state index in [2.05, 4.69) is 15.6 Å². The van der Waals surface area contributed by atoms with Gasteiger partial charge < -0.3 is 10.6 Å². The minimum atomic E-state index is -4.41. The molecule has 4 nitrogen and oxygen atoms in total. The van der Waals surface area contributed by atoms with Gasteiger partial charge in [-0.25, -0.2) is 4.98 Å². The van der Waals surface area contributed by atoms with Gasteiger partial charge in [0, 0.05) is 11.3 Å². The Morgan fingerprint density at radius 1 is 0.963 bits per heavy atom. The van der Waals surface area contributed by atoms with E-state index >= 15 is 0 Å². The van der Waals surface area contributed by atoms with E-state index in [0.717, 1.165) is 17.7 Å². The number of carbonyl (C=O) groups excluding carboxylic acids is 1. The Labute approximate surface area is 154 Å². The maximum absolute atomic E-state index is 12.8. The monoisotopic (exact) mass is 371 g/mol. The Hall–Kier alpha value is -3.35. The molecule has 0 unspecified atom stereocenters. The molecule has 2 aromatic carbocycles. The summed E-state index contributed by atoms with van der Waals surface area (Å²) in [5.74, 6) is 0.0990. The molecular weight excluding hydrogens is 355 g/mol. The minimum Gasteiger partial charge on any atom is -0.340 e. The number of nitrogens with one attached hydrogen (secondary N) is 2. The van der Waals surface area contributed by atoms with Crippen LogP contribution in [0.2, 0.25) is 0 Å². The Kier molecular flexibility index (Phi) is 5.12. The SMILES string of the molecule is Cc1cccc(C(=O)Nc2ccc(Nc3cccc(C(F)(F)F)c3)nc2)c1. The molecule has 27 heavy (non-hydrogen) atoms. The van der Waals surface area contributed by atoms with Gasteiger partial charge in [0.2, 0.25) is 0 Å². The smallest absolute Gasteiger partial charge is 0.340 e. The molecule has 0 aliphatic rings. The van der Waals surface area contributed by atoms with Crippen LogP contribution in [0.1, 0.15) is 21.5 Å². The first-order chi connectivity index (χ1) is 12.8. The molecule has 0 radical (unpaired) electrons. The quantitative estimate of drug-likeness (QED) is 0.645. The summed E-state index contributed by atoms with van der Waals surface area (Å²) in [4.78, 5) is 16.3. The van der Waals surface area contributed by atoms with Crippen molar-refractivity contribution in [3.8, 4) is 0 Å². The number of alkyl halides is 3. The molecule has 1 heterocycles. The average molecular weight is 371 g/mol. The van der Waals surface area contributed by atoms with Gasteiger partial charge in [-0.2, -0.15) is 13.2 Å². The van der Waals surface area contributed by atoms with E-state index in [0.29, 0.717) is 17.1 Å². The number of nitrogens with zero attached hydrogens (tertiary/aromatic N) is 1. The Morgan fingerprint density at radius 2 is 1.74 bits per heavy atom. The molecule has 0 saturated carbocycles. The van der Waals surface area contributed by atoms with Crippen molar-refractivity contribution in [1.82, 2.24) is 4.98 Å². The Morgan fingerprint density at radius 3 is 2.41 bits per heavy atom. The van der Waals surface area contributed by atoms with E-state index in [1.807, 2.05) is 13.0 Å². The molecule has 0 fully saturated rings. The number of halogens is 3. The summed E-state index contributed by atoms with van der Waals surface area (Å²) < 4.78 is 38.3. The summed E-state index contributed by atoms with van der Waals surface area (Å²) in [6, 6.07) is 15.2. The summed E-state index contributed by atoms with van der Waals surface area (Å²) in [5.41, 5.74) is 1.52. The number of aryl methyl sites for hydroxylation is 1. The third kappa shape index (κ3) is 4.84. The summed E-state index contributed by atoms with van der Waals surface area (Å²) in [6.07, 6.45) is -2.97. The van der Waals surface area contributed by atoms with Gasteiger partial charge in [-0.3, -0.25) is 4.79 Å². The van der Waals surface area contributed by atoms with Gasteiger partial charge in [-0.15, -0.1) is 0 Å². The molecule has 138 valence electrons. The van der Waals surface area contributed by atoms with Crippen LogP contribution >= 0.6 is 0 Å². The van der Waals surface area contributed by atoms with Crippen LogP contribution in [0.5, 0.6) is 0 Å². The van der Waals surface area contributed by atoms with E-state index in [-0.39, 0.29) is 11.6 Å². The number of amides is 1. The number of hydrogen-bond donors (Lipinski definition) is 2. The van der Waals surface area contributed by atoms with E-state index in [9.17, 15) is 18.0 Å². The van der Waals surface area contributed by atoms with Crippen LogP contribution < -0.4 is 10.6 Å². The van der Waals surface area contributed by atoms with Crippen molar-refractivity contribution in [2.45, 2.75) is 13.1 Å². The zero-order valence-electron chi connectivity index (χ0n) is 14.3. The van der Waals surface area contributed by atoms with Crippen LogP contribution in [-0.2, 0) is 6.18 Å². The molecule has 0 bridgehead atoms. The standard InChI is InChI=1S/C20H16F3N3O/c1-13-4-2-5-14(10-13)19(27)26-17-8-9-18(24-12-17)25-16-7-3-6-15(11-16)20(21,22)23/h2-12H,1H3,(H,24,25)(H,26,27). The lowest BCUT2D eigenvalue weighted by molar-refractivity contribution is -0.137. The van der Waals surface area contributed by atoms with Gasteiger partial charge in [-0.1, -0.05) is 23.8 Å². The van der Waals surface area contributed by atoms with Crippen molar-refractivity contribution >= 4 is 23.1 Å². The molecule has 0 spiro atoms. The van der Waals surface area contributed by atoms with Crippen molar-refractivity contribution in [1.29, 1.82) is 0 Å². The second-order valence-corrected chi connectivity index (χ2v) is 5.96. The predicted molar refractivity (Wildman–Crippen MR) is 98.1 cm³/mol. The van der Waals surface area contributed by atoms with Crippen LogP contribution in [0.25, 0.3) is 0 Å². The highest BCUT2D eigenvalue weighted by atomic mass is 19.4. The molecule has 2 N–H and O–H groups in total. The number of aromatic nitrogens is 1. The van der Waals surface area contributed by atoms with E-state index in [1.54, 1.807) is 30.3 Å². The van der Waals surface area contributed by atoms with E-state index in [4.69, 9.17) is 0 Å². The summed E-state index contributed by atoms with van der Waals surface area (Å²) in [6.45, 7) is 1.90. The normalized spacial score (nSPS) is 11.1. The molecule has 0 atom stereocenters. The van der Waals surface area contributed by atoms with E-state index in [1.165, 1.54) is 18.3 Å². The van der Waals surface area contributed by atoms with E-state index < -0.39 is 11.7 Å². The summed E-state index contributed by atoms with van der Waals surface area (Å²) in [7, 11) is 0. The van der Waals surface area contributed by atoms with Crippen molar-refractivity contribution in [2.24, 2.45) is 0 Å². The van der Waals surface area contributed by atoms with Crippen LogP contribution in [0.4, 0.5) is 30.4 Å². The number of pyridine rings is 1. The van der Waals surface area contributed by atoms with Gasteiger partial charge in [0.25, 0.3) is 5.91 Å². The predicted octanol–water partition coefficient (Wildman–Crippen LogP) is 5.40. The van der Waals surface area contributed by atoms with Gasteiger partial charge in [0.05, 0.1) is 17.4 Å². The third-order valence-corrected chi connectivity index (χ3v) is 3.76. The molecule has 0 saturated heterocycles. The first-order valence-electron chi connectivity index (χ1n) is 8.09. The number of anilines is 3. The molecule has 3 aromatic rings. The minimum absolute atomic E-state index is 0.265. The Bertz CT molecular complexity index is 953. The molecule has 1 aromatic heterocycles. The molecule has 7 heteroatoms. The van der Waals surface area contributed by atoms with Gasteiger partial charge >= 0.3 is 6.18 Å². The molecule has 0 aliphatic heterocycles. The third-order valence-electron chi connectivity index (χ3n) is 3.76. The lowest BCUT2D eigenvalue weighted by atomic mass is 10.1. The second-order valence-electron chi connectivity index (χ2n) is 5.96. The average Bonchev–Trinajstić information content (AvgIpc) is 2.63. The van der Waals surface area contributed by atoms with Gasteiger partial charge in [0.15, 0.2) is 0 Å². The van der Waals surface area contributed by atoms with Crippen LogP contribution in [-0.4, -0.2) is 10.9 Å². The lowest BCUT2D eigenvalue weighted by Gasteiger charge is -2.11. The highest BCUT2D eigenvalue weighted by Gasteiger charge is 2.30. The molecule has 0 aliphatic carbocycles. The number of hydrogen-bond acceptors (Lipinski definition) is 3. The zero-order chi connectivity index (χ0) is 19.4. The lowest BCUT2D eigenvalue weighted by Crippen LogP contribution is -2.12. The number of benzene rings is 2. The van der Waals surface area contributed by atoms with Crippen molar-refractivity contribution < 1.29 is 18.0 Å². The van der Waals surface area contributed by atoms with Gasteiger partial charge in [0.1, 0.15) is 5.82 Å². The number of rotatable bonds is 4. The zero-order valence-corrected chi connectivity index (χ0v) is 14.3. The molecular formula is C20H16F3N3O. The molecule has 3 rings (SSSR count). The summed E-state index contributed by atoms with van der Waals surface area (Å²) >= 11 is 0. The first-order valence-corrected chi connectivity index (χ1v) is 8.09. The highest BCUT2D eigenvalue weighted by Crippen LogP contribution is 2.31. The maximum atomic E-state index is 12.8. The first kappa shape index (κ1) is 18.4. The molecule has 1 amide bonds. The highest BCUT2D eigenvalue weighted by molar-refractivity contribution is 6.04. The topological polar surface area (TPSA) is 54.0 Å². The fraction of sp³-hybridized carbons (Fsp3) is 0.100. The number of carbonyl (C=O) groups is 1. The fourth-order valence-electron chi connectivity index (χ4n) is 2.45. The van der Waals surface area contributed by atoms with Gasteiger partial charge in [-0.05, 0) is 49.4 Å². The van der Waals surface area contributed by atoms with Crippen molar-refractivity contribution in [3.63, 3.8) is 0 Å². The van der Waals surface area contributed by atoms with Crippen molar-refractivity contribution in [2.75, 3.05) is 10.6 Å². The van der Waals surface area contributed by atoms with Crippen LogP contribution in [0.15, 0.2) is 66.9 Å². The van der Waals surface area contributed by atoms with Crippen LogP contribution in [0.3, 0.4) is 0 Å². The second kappa shape index (κ2) is 7.49. The fourth-order valence-corrected chi connectivity index (χ4v) is 2.45. The largest absolute Gasteiger partial charge is 0.416 e. The summed E-state index contributed by atoms with van der Waals surface area (Å²) in [5, 5.41) is 5.54. The Balaban J connectivity index is 1.68. The van der Waals surface area contributed by atoms with Crippen molar-refractivity contribution in [3.05, 3.63) is 83.6 Å². The van der Waals surface area contributed by atoms with Crippen LogP contribution in [0, 0.1) is 6.92 Å². The maximum Gasteiger partial charge on any atom is 0.416 e.